The minimum absolute atomic E-state index is 0.112. The van der Waals surface area contributed by atoms with E-state index in [1.54, 1.807) is 30.3 Å². The number of anilines is 1. The highest BCUT2D eigenvalue weighted by atomic mass is 32.9. The number of aromatic nitrogens is 1. The number of amides is 1. The van der Waals surface area contributed by atoms with E-state index in [4.69, 9.17) is 5.41 Å². The molecule has 0 fully saturated rings. The van der Waals surface area contributed by atoms with Gasteiger partial charge in [-0.05, 0) is 28.5 Å². The van der Waals surface area contributed by atoms with Crippen LogP contribution in [-0.2, 0) is 0 Å². The first-order valence-electron chi connectivity index (χ1n) is 7.50. The average Bonchev–Trinajstić information content (AvgIpc) is 3.07. The SMILES string of the molecule is N=c1nc(-c2ccc([C@H]3NC(=O)c4ccccc4N3)cc2[N+](=O)[O-])ss1. The lowest BCUT2D eigenvalue weighted by Crippen LogP contribution is -2.38. The number of nitrogens with zero attached hydrogens (tertiary/aromatic N) is 2. The van der Waals surface area contributed by atoms with Gasteiger partial charge >= 0.3 is 0 Å². The van der Waals surface area contributed by atoms with Crippen LogP contribution in [-0.4, -0.2) is 15.8 Å². The van der Waals surface area contributed by atoms with Crippen LogP contribution in [0.15, 0.2) is 42.5 Å². The molecule has 130 valence electrons. The Hall–Kier alpha value is -3.11. The molecule has 1 amide bonds. The topological polar surface area (TPSA) is 121 Å². The Balaban J connectivity index is 1.75. The molecule has 1 aromatic heterocycles. The highest BCUT2D eigenvalue weighted by Gasteiger charge is 2.27. The summed E-state index contributed by atoms with van der Waals surface area (Å²) in [5.74, 6) is -0.239. The van der Waals surface area contributed by atoms with Crippen molar-refractivity contribution in [1.29, 1.82) is 5.41 Å². The summed E-state index contributed by atoms with van der Waals surface area (Å²) >= 11 is 0. The van der Waals surface area contributed by atoms with Gasteiger partial charge in [0.15, 0.2) is 0 Å². The zero-order chi connectivity index (χ0) is 18.3. The first-order valence-corrected chi connectivity index (χ1v) is 9.65. The van der Waals surface area contributed by atoms with Crippen molar-refractivity contribution in [1.82, 2.24) is 10.3 Å². The third-order valence-electron chi connectivity index (χ3n) is 3.93. The summed E-state index contributed by atoms with van der Waals surface area (Å²) in [6, 6.07) is 11.8. The molecule has 1 aliphatic rings. The van der Waals surface area contributed by atoms with Crippen molar-refractivity contribution in [2.75, 3.05) is 5.32 Å². The Morgan fingerprint density at radius 1 is 1.12 bits per heavy atom. The molecule has 0 saturated carbocycles. The number of carbonyl (C=O) groups is 1. The van der Waals surface area contributed by atoms with E-state index in [0.717, 1.165) is 10.3 Å². The fraction of sp³-hybridized carbons (Fsp3) is 0.0625. The monoisotopic (exact) mass is 385 g/mol. The predicted molar refractivity (Wildman–Crippen MR) is 98.2 cm³/mol. The van der Waals surface area contributed by atoms with Crippen molar-refractivity contribution in [3.63, 3.8) is 0 Å². The molecule has 1 aliphatic heterocycles. The number of nitro groups is 1. The summed E-state index contributed by atoms with van der Waals surface area (Å²) in [5, 5.41) is 25.5. The summed E-state index contributed by atoms with van der Waals surface area (Å²) in [4.78, 5) is 27.5. The largest absolute Gasteiger partial charge is 0.361 e. The normalized spacial score (nSPS) is 15.7. The Morgan fingerprint density at radius 3 is 2.65 bits per heavy atom. The van der Waals surface area contributed by atoms with Gasteiger partial charge in [-0.2, -0.15) is 0 Å². The van der Waals surface area contributed by atoms with Crippen LogP contribution in [0.2, 0.25) is 0 Å². The smallest absolute Gasteiger partial charge is 0.280 e. The van der Waals surface area contributed by atoms with E-state index in [0.29, 0.717) is 27.4 Å². The van der Waals surface area contributed by atoms with Crippen LogP contribution in [0.3, 0.4) is 0 Å². The molecule has 0 spiro atoms. The van der Waals surface area contributed by atoms with Crippen molar-refractivity contribution in [3.8, 4) is 10.6 Å². The molecule has 3 N–H and O–H groups in total. The second-order valence-electron chi connectivity index (χ2n) is 5.52. The minimum Gasteiger partial charge on any atom is -0.361 e. The van der Waals surface area contributed by atoms with E-state index in [1.807, 2.05) is 6.07 Å². The fourth-order valence-corrected chi connectivity index (χ4v) is 4.45. The Bertz CT molecular complexity index is 1090. The van der Waals surface area contributed by atoms with Gasteiger partial charge in [-0.3, -0.25) is 20.3 Å². The maximum atomic E-state index is 12.3. The van der Waals surface area contributed by atoms with Gasteiger partial charge in [0.1, 0.15) is 11.2 Å². The quantitative estimate of drug-likeness (QED) is 0.363. The standard InChI is InChI=1S/C16H11N5O3S2/c17-16-20-15(25-26-16)10-6-5-8(7-12(10)21(23)24)13-18-11-4-2-1-3-9(11)14(22)19-13/h1-7,13,17-18H,(H,19,22)/t13-/m1/s1. The number of benzene rings is 2. The molecule has 0 saturated heterocycles. The van der Waals surface area contributed by atoms with Crippen LogP contribution in [0.25, 0.3) is 10.6 Å². The molecular weight excluding hydrogens is 374 g/mol. The maximum Gasteiger partial charge on any atom is 0.280 e. The molecule has 2 aromatic carbocycles. The van der Waals surface area contributed by atoms with Gasteiger partial charge in [-0.25, -0.2) is 4.98 Å². The molecule has 8 nitrogen and oxygen atoms in total. The van der Waals surface area contributed by atoms with Gasteiger partial charge in [0, 0.05) is 17.3 Å². The molecule has 3 aromatic rings. The summed E-state index contributed by atoms with van der Waals surface area (Å²) < 4.78 is 0. The van der Waals surface area contributed by atoms with Gasteiger partial charge in [-0.15, -0.1) is 0 Å². The van der Waals surface area contributed by atoms with E-state index in [9.17, 15) is 14.9 Å². The lowest BCUT2D eigenvalue weighted by Gasteiger charge is -2.28. The zero-order valence-electron chi connectivity index (χ0n) is 13.1. The van der Waals surface area contributed by atoms with Crippen LogP contribution < -0.4 is 15.4 Å². The van der Waals surface area contributed by atoms with E-state index in [1.165, 1.54) is 16.4 Å². The van der Waals surface area contributed by atoms with Crippen molar-refractivity contribution in [2.24, 2.45) is 0 Å². The molecule has 0 aliphatic carbocycles. The number of para-hydroxylation sites is 1. The second-order valence-corrected chi connectivity index (χ2v) is 7.63. The molecule has 2 heterocycles. The minimum atomic E-state index is -0.573. The molecule has 1 atom stereocenters. The summed E-state index contributed by atoms with van der Waals surface area (Å²) in [6.07, 6.45) is -0.573. The van der Waals surface area contributed by atoms with Crippen molar-refractivity contribution >= 4 is 38.0 Å². The molecule has 26 heavy (non-hydrogen) atoms. The third-order valence-corrected chi connectivity index (χ3v) is 5.93. The number of nitrogens with one attached hydrogen (secondary N) is 3. The Kier molecular flexibility index (Phi) is 3.98. The van der Waals surface area contributed by atoms with Crippen LogP contribution in [0.4, 0.5) is 11.4 Å². The summed E-state index contributed by atoms with van der Waals surface area (Å²) in [5.41, 5.74) is 2.02. The molecule has 10 heteroatoms. The number of hydrogen-bond acceptors (Lipinski definition) is 8. The highest BCUT2D eigenvalue weighted by molar-refractivity contribution is 7.69. The van der Waals surface area contributed by atoms with Crippen LogP contribution in [0.5, 0.6) is 0 Å². The van der Waals surface area contributed by atoms with Crippen molar-refractivity contribution in [3.05, 3.63) is 68.5 Å². The van der Waals surface area contributed by atoms with E-state index in [2.05, 4.69) is 15.6 Å². The average molecular weight is 385 g/mol. The lowest BCUT2D eigenvalue weighted by atomic mass is 10.0. The molecule has 0 unspecified atom stereocenters. The van der Waals surface area contributed by atoms with Crippen LogP contribution >= 0.6 is 20.7 Å². The first-order chi connectivity index (χ1) is 12.5. The Labute approximate surface area is 154 Å². The van der Waals surface area contributed by atoms with Crippen molar-refractivity contribution < 1.29 is 9.72 Å². The van der Waals surface area contributed by atoms with Crippen LogP contribution in [0, 0.1) is 15.5 Å². The van der Waals surface area contributed by atoms with Gasteiger partial charge < -0.3 is 10.6 Å². The number of carbonyl (C=O) groups excluding carboxylic acids is 1. The van der Waals surface area contributed by atoms with Gasteiger partial charge in [0.05, 0.1) is 16.1 Å². The number of rotatable bonds is 3. The zero-order valence-corrected chi connectivity index (χ0v) is 14.7. The first kappa shape index (κ1) is 16.4. The van der Waals surface area contributed by atoms with E-state index in [-0.39, 0.29) is 16.4 Å². The van der Waals surface area contributed by atoms with Gasteiger partial charge in [-0.1, -0.05) is 28.5 Å². The predicted octanol–water partition coefficient (Wildman–Crippen LogP) is 3.11. The van der Waals surface area contributed by atoms with Gasteiger partial charge in [0.25, 0.3) is 11.6 Å². The Morgan fingerprint density at radius 2 is 1.92 bits per heavy atom. The highest BCUT2D eigenvalue weighted by Crippen LogP contribution is 2.35. The third kappa shape index (κ3) is 2.85. The molecule has 0 radical (unpaired) electrons. The van der Waals surface area contributed by atoms with E-state index >= 15 is 0 Å². The summed E-state index contributed by atoms with van der Waals surface area (Å²) in [6.45, 7) is 0. The van der Waals surface area contributed by atoms with Gasteiger partial charge in [0.2, 0.25) is 4.80 Å². The second kappa shape index (κ2) is 6.32. The number of hydrogen-bond donors (Lipinski definition) is 3. The summed E-state index contributed by atoms with van der Waals surface area (Å²) in [7, 11) is 2.37. The molecular formula is C16H11N5O3S2. The molecule has 4 rings (SSSR count). The number of nitro benzene ring substituents is 1. The van der Waals surface area contributed by atoms with E-state index < -0.39 is 11.1 Å². The van der Waals surface area contributed by atoms with Crippen molar-refractivity contribution in [2.45, 2.75) is 6.17 Å². The van der Waals surface area contributed by atoms with Crippen LogP contribution in [0.1, 0.15) is 22.1 Å². The number of fused-ring (bicyclic) bond motifs is 1. The fourth-order valence-electron chi connectivity index (χ4n) is 2.75. The lowest BCUT2D eigenvalue weighted by molar-refractivity contribution is -0.384. The maximum absolute atomic E-state index is 12.3. The molecule has 0 bridgehead atoms.